The highest BCUT2D eigenvalue weighted by Gasteiger charge is 2.09. The number of anilines is 3. The number of nitrogens with two attached hydrogens (primary N) is 1. The van der Waals surface area contributed by atoms with Crippen molar-refractivity contribution in [3.8, 4) is 5.75 Å². The first kappa shape index (κ1) is 14.3. The van der Waals surface area contributed by atoms with E-state index in [2.05, 4.69) is 21.2 Å². The first-order chi connectivity index (χ1) is 8.99. The van der Waals surface area contributed by atoms with Crippen LogP contribution in [0.2, 0.25) is 10.0 Å². The lowest BCUT2D eigenvalue weighted by Gasteiger charge is -2.12. The predicted octanol–water partition coefficient (Wildman–Crippen LogP) is 5.09. The fraction of sp³-hybridized carbons (Fsp3) is 0.0769. The van der Waals surface area contributed by atoms with Gasteiger partial charge in [0.1, 0.15) is 5.75 Å². The smallest absolute Gasteiger partial charge is 0.122 e. The second-order valence-electron chi connectivity index (χ2n) is 3.86. The van der Waals surface area contributed by atoms with Crippen molar-refractivity contribution >= 4 is 56.2 Å². The van der Waals surface area contributed by atoms with Crippen LogP contribution in [0.15, 0.2) is 34.8 Å². The normalized spacial score (nSPS) is 10.3. The van der Waals surface area contributed by atoms with Crippen LogP contribution in [-0.4, -0.2) is 7.11 Å². The van der Waals surface area contributed by atoms with Gasteiger partial charge in [-0.15, -0.1) is 0 Å². The number of methoxy groups -OCH3 is 1. The Bertz CT molecular complexity index is 597. The van der Waals surface area contributed by atoms with Gasteiger partial charge in [0, 0.05) is 21.9 Å². The van der Waals surface area contributed by atoms with Gasteiger partial charge in [-0.05, 0) is 24.3 Å². The zero-order valence-corrected chi connectivity index (χ0v) is 13.1. The fourth-order valence-corrected chi connectivity index (χ4v) is 2.68. The van der Waals surface area contributed by atoms with Gasteiger partial charge in [-0.2, -0.15) is 0 Å². The Morgan fingerprint density at radius 3 is 2.32 bits per heavy atom. The molecular formula is C13H11BrCl2N2O. The number of ether oxygens (including phenoxy) is 1. The van der Waals surface area contributed by atoms with Gasteiger partial charge in [-0.3, -0.25) is 0 Å². The maximum absolute atomic E-state index is 6.13. The van der Waals surface area contributed by atoms with Crippen molar-refractivity contribution in [2.24, 2.45) is 0 Å². The van der Waals surface area contributed by atoms with Crippen molar-refractivity contribution in [2.75, 3.05) is 18.2 Å². The zero-order valence-electron chi connectivity index (χ0n) is 10.0. The molecule has 0 heterocycles. The van der Waals surface area contributed by atoms with E-state index in [1.165, 1.54) is 0 Å². The van der Waals surface area contributed by atoms with Gasteiger partial charge in [0.25, 0.3) is 0 Å². The van der Waals surface area contributed by atoms with Gasteiger partial charge in [0.2, 0.25) is 0 Å². The van der Waals surface area contributed by atoms with E-state index >= 15 is 0 Å². The molecule has 0 aliphatic heterocycles. The Morgan fingerprint density at radius 2 is 1.74 bits per heavy atom. The van der Waals surface area contributed by atoms with Crippen molar-refractivity contribution in [3.05, 3.63) is 44.8 Å². The van der Waals surface area contributed by atoms with Crippen LogP contribution in [0.5, 0.6) is 5.75 Å². The SMILES string of the molecule is COc1cc(Br)cc(Nc2c(Cl)cc(N)cc2Cl)c1. The van der Waals surface area contributed by atoms with Crippen LogP contribution in [0.1, 0.15) is 0 Å². The molecule has 2 aromatic rings. The van der Waals surface area contributed by atoms with E-state index in [-0.39, 0.29) is 0 Å². The molecule has 0 saturated carbocycles. The van der Waals surface area contributed by atoms with Gasteiger partial charge in [0.15, 0.2) is 0 Å². The summed E-state index contributed by atoms with van der Waals surface area (Å²) in [5.41, 5.74) is 7.60. The molecule has 0 saturated heterocycles. The second kappa shape index (κ2) is 5.90. The Hall–Kier alpha value is -1.10. The minimum absolute atomic E-state index is 0.462. The van der Waals surface area contributed by atoms with Crippen molar-refractivity contribution in [3.63, 3.8) is 0 Å². The van der Waals surface area contributed by atoms with Crippen LogP contribution in [0.4, 0.5) is 17.1 Å². The number of benzene rings is 2. The zero-order chi connectivity index (χ0) is 14.0. The molecule has 0 aromatic heterocycles. The molecule has 0 amide bonds. The largest absolute Gasteiger partial charge is 0.497 e. The molecule has 3 N–H and O–H groups in total. The minimum atomic E-state index is 0.462. The quantitative estimate of drug-likeness (QED) is 0.748. The molecule has 2 rings (SSSR count). The molecule has 2 aromatic carbocycles. The fourth-order valence-electron chi connectivity index (χ4n) is 1.61. The highest BCUT2D eigenvalue weighted by Crippen LogP contribution is 2.36. The molecule has 0 bridgehead atoms. The summed E-state index contributed by atoms with van der Waals surface area (Å²) < 4.78 is 6.08. The molecule has 0 unspecified atom stereocenters. The molecule has 0 atom stereocenters. The topological polar surface area (TPSA) is 47.3 Å². The highest BCUT2D eigenvalue weighted by molar-refractivity contribution is 9.10. The third kappa shape index (κ3) is 3.47. The summed E-state index contributed by atoms with van der Waals surface area (Å²) in [5, 5.41) is 4.08. The molecule has 0 radical (unpaired) electrons. The average Bonchev–Trinajstić information content (AvgIpc) is 2.33. The molecule has 3 nitrogen and oxygen atoms in total. The van der Waals surface area contributed by atoms with Crippen molar-refractivity contribution in [2.45, 2.75) is 0 Å². The number of halogens is 3. The van der Waals surface area contributed by atoms with E-state index in [0.717, 1.165) is 15.9 Å². The Balaban J connectivity index is 2.39. The van der Waals surface area contributed by atoms with Crippen LogP contribution in [0.3, 0.4) is 0 Å². The lowest BCUT2D eigenvalue weighted by atomic mass is 10.2. The van der Waals surface area contributed by atoms with E-state index in [9.17, 15) is 0 Å². The summed E-state index contributed by atoms with van der Waals surface area (Å²) >= 11 is 15.7. The summed E-state index contributed by atoms with van der Waals surface area (Å²) in [5.74, 6) is 0.722. The average molecular weight is 362 g/mol. The molecule has 0 fully saturated rings. The van der Waals surface area contributed by atoms with E-state index in [4.69, 9.17) is 33.7 Å². The highest BCUT2D eigenvalue weighted by atomic mass is 79.9. The predicted molar refractivity (Wildman–Crippen MR) is 84.9 cm³/mol. The van der Waals surface area contributed by atoms with Gasteiger partial charge in [-0.25, -0.2) is 0 Å². The Labute approximate surface area is 129 Å². The number of nitrogen functional groups attached to an aromatic ring is 1. The molecule has 100 valence electrons. The van der Waals surface area contributed by atoms with E-state index in [1.54, 1.807) is 19.2 Å². The summed E-state index contributed by atoms with van der Waals surface area (Å²) in [6.07, 6.45) is 0. The molecule has 0 spiro atoms. The summed E-state index contributed by atoms with van der Waals surface area (Å²) in [6, 6.07) is 8.88. The van der Waals surface area contributed by atoms with Gasteiger partial charge < -0.3 is 15.8 Å². The maximum Gasteiger partial charge on any atom is 0.122 e. The minimum Gasteiger partial charge on any atom is -0.497 e. The summed E-state index contributed by atoms with van der Waals surface area (Å²) in [6.45, 7) is 0. The van der Waals surface area contributed by atoms with Crippen LogP contribution >= 0.6 is 39.1 Å². The van der Waals surface area contributed by atoms with Gasteiger partial charge in [0.05, 0.1) is 22.8 Å². The van der Waals surface area contributed by atoms with Crippen LogP contribution in [0.25, 0.3) is 0 Å². The van der Waals surface area contributed by atoms with E-state index in [0.29, 0.717) is 21.4 Å². The molecular weight excluding hydrogens is 351 g/mol. The first-order valence-corrected chi connectivity index (χ1v) is 6.90. The van der Waals surface area contributed by atoms with Crippen molar-refractivity contribution < 1.29 is 4.74 Å². The molecule has 0 aliphatic carbocycles. The number of hydrogen-bond donors (Lipinski definition) is 2. The van der Waals surface area contributed by atoms with Crippen molar-refractivity contribution in [1.82, 2.24) is 0 Å². The van der Waals surface area contributed by atoms with Gasteiger partial charge in [-0.1, -0.05) is 39.1 Å². The Morgan fingerprint density at radius 1 is 1.11 bits per heavy atom. The lowest BCUT2D eigenvalue weighted by Crippen LogP contribution is -1.95. The molecule has 6 heteroatoms. The van der Waals surface area contributed by atoms with E-state index in [1.807, 2.05) is 18.2 Å². The molecule has 19 heavy (non-hydrogen) atoms. The van der Waals surface area contributed by atoms with Crippen LogP contribution < -0.4 is 15.8 Å². The maximum atomic E-state index is 6.13. The van der Waals surface area contributed by atoms with Crippen LogP contribution in [-0.2, 0) is 0 Å². The first-order valence-electron chi connectivity index (χ1n) is 5.35. The summed E-state index contributed by atoms with van der Waals surface area (Å²) in [7, 11) is 1.61. The second-order valence-corrected chi connectivity index (χ2v) is 5.59. The van der Waals surface area contributed by atoms with Gasteiger partial charge >= 0.3 is 0 Å². The Kier molecular flexibility index (Phi) is 4.45. The number of nitrogens with one attached hydrogen (secondary N) is 1. The van der Waals surface area contributed by atoms with Crippen molar-refractivity contribution in [1.29, 1.82) is 0 Å². The third-order valence-electron chi connectivity index (χ3n) is 2.44. The number of hydrogen-bond acceptors (Lipinski definition) is 3. The van der Waals surface area contributed by atoms with Crippen LogP contribution in [0, 0.1) is 0 Å². The monoisotopic (exact) mass is 360 g/mol. The standard InChI is InChI=1S/C13H11BrCl2N2O/c1-19-10-3-7(14)2-9(6-10)18-13-11(15)4-8(17)5-12(13)16/h2-6,18H,17H2,1H3. The third-order valence-corrected chi connectivity index (χ3v) is 3.49. The lowest BCUT2D eigenvalue weighted by molar-refractivity contribution is 0.415. The summed E-state index contributed by atoms with van der Waals surface area (Å²) in [4.78, 5) is 0. The number of rotatable bonds is 3. The molecule has 0 aliphatic rings. The van der Waals surface area contributed by atoms with E-state index < -0.39 is 0 Å².